The predicted octanol–water partition coefficient (Wildman–Crippen LogP) is 2.82. The van der Waals surface area contributed by atoms with Crippen LogP contribution in [0, 0.1) is 11.3 Å². The topological polar surface area (TPSA) is 59.6 Å². The Kier molecular flexibility index (Phi) is 3.00. The van der Waals surface area contributed by atoms with Crippen LogP contribution in [0.3, 0.4) is 0 Å². The van der Waals surface area contributed by atoms with Gasteiger partial charge in [-0.1, -0.05) is 12.1 Å². The SMILES string of the molecule is CC1=NN([C@@H](C#N)c2cccc(O)c2)C(C)(C)C1. The van der Waals surface area contributed by atoms with Gasteiger partial charge in [0.2, 0.25) is 0 Å². The van der Waals surface area contributed by atoms with E-state index in [1.165, 1.54) is 0 Å². The molecule has 0 unspecified atom stereocenters. The van der Waals surface area contributed by atoms with Crippen LogP contribution in [0.2, 0.25) is 0 Å². The molecule has 0 saturated heterocycles. The third-order valence-electron chi connectivity index (χ3n) is 3.14. The molecule has 0 bridgehead atoms. The van der Waals surface area contributed by atoms with Crippen LogP contribution in [0.5, 0.6) is 5.75 Å². The van der Waals surface area contributed by atoms with E-state index in [1.807, 2.05) is 18.0 Å². The number of hydrazone groups is 1. The zero-order chi connectivity index (χ0) is 13.3. The average molecular weight is 243 g/mol. The Morgan fingerprint density at radius 1 is 1.50 bits per heavy atom. The Balaban J connectivity index is 2.39. The van der Waals surface area contributed by atoms with Crippen molar-refractivity contribution in [3.05, 3.63) is 29.8 Å². The number of hydrogen-bond donors (Lipinski definition) is 1. The fraction of sp³-hybridized carbons (Fsp3) is 0.429. The standard InChI is InChI=1S/C14H17N3O/c1-10-8-14(2,3)17(16-10)13(9-15)11-5-4-6-12(18)7-11/h4-7,13,18H,8H2,1-3H3/t13-/m0/s1. The molecule has 94 valence electrons. The van der Waals surface area contributed by atoms with E-state index in [4.69, 9.17) is 0 Å². The molecular weight excluding hydrogens is 226 g/mol. The molecule has 0 amide bonds. The summed E-state index contributed by atoms with van der Waals surface area (Å²) in [7, 11) is 0. The van der Waals surface area contributed by atoms with E-state index >= 15 is 0 Å². The van der Waals surface area contributed by atoms with Gasteiger partial charge < -0.3 is 5.11 Å². The molecule has 0 spiro atoms. The van der Waals surface area contributed by atoms with Gasteiger partial charge in [0.1, 0.15) is 5.75 Å². The summed E-state index contributed by atoms with van der Waals surface area (Å²) in [6.45, 7) is 6.11. The normalized spacial score (nSPS) is 19.2. The second kappa shape index (κ2) is 4.34. The summed E-state index contributed by atoms with van der Waals surface area (Å²) < 4.78 is 0. The van der Waals surface area contributed by atoms with E-state index in [0.29, 0.717) is 0 Å². The average Bonchev–Trinajstić information content (AvgIpc) is 2.53. The van der Waals surface area contributed by atoms with Crippen molar-refractivity contribution in [3.8, 4) is 11.8 Å². The van der Waals surface area contributed by atoms with Gasteiger partial charge >= 0.3 is 0 Å². The summed E-state index contributed by atoms with van der Waals surface area (Å²) in [4.78, 5) is 0. The second-order valence-corrected chi connectivity index (χ2v) is 5.30. The van der Waals surface area contributed by atoms with E-state index in [0.717, 1.165) is 17.7 Å². The molecule has 1 aliphatic rings. The summed E-state index contributed by atoms with van der Waals surface area (Å²) in [5, 5.41) is 25.2. The van der Waals surface area contributed by atoms with Crippen molar-refractivity contribution < 1.29 is 5.11 Å². The summed E-state index contributed by atoms with van der Waals surface area (Å²) in [5.41, 5.74) is 1.63. The summed E-state index contributed by atoms with van der Waals surface area (Å²) in [6.07, 6.45) is 0.851. The van der Waals surface area contributed by atoms with Crippen molar-refractivity contribution >= 4 is 5.71 Å². The van der Waals surface area contributed by atoms with Gasteiger partial charge in [0.05, 0.1) is 11.6 Å². The van der Waals surface area contributed by atoms with Crippen molar-refractivity contribution in [1.82, 2.24) is 5.01 Å². The number of phenolic OH excluding ortho intramolecular Hbond substituents is 1. The first-order chi connectivity index (χ1) is 8.44. The van der Waals surface area contributed by atoms with Crippen LogP contribution < -0.4 is 0 Å². The highest BCUT2D eigenvalue weighted by Crippen LogP contribution is 2.35. The Morgan fingerprint density at radius 2 is 2.22 bits per heavy atom. The maximum atomic E-state index is 9.52. The molecule has 4 heteroatoms. The molecular formula is C14H17N3O. The van der Waals surface area contributed by atoms with Crippen LogP contribution >= 0.6 is 0 Å². The molecule has 4 nitrogen and oxygen atoms in total. The fourth-order valence-electron chi connectivity index (χ4n) is 2.43. The van der Waals surface area contributed by atoms with Crippen LogP contribution in [-0.2, 0) is 0 Å². The highest BCUT2D eigenvalue weighted by molar-refractivity contribution is 5.84. The van der Waals surface area contributed by atoms with Gasteiger partial charge in [-0.05, 0) is 38.5 Å². The van der Waals surface area contributed by atoms with Gasteiger partial charge in [-0.25, -0.2) is 0 Å². The highest BCUT2D eigenvalue weighted by atomic mass is 16.3. The number of nitriles is 1. The quantitative estimate of drug-likeness (QED) is 0.868. The van der Waals surface area contributed by atoms with Crippen molar-refractivity contribution in [2.75, 3.05) is 0 Å². The van der Waals surface area contributed by atoms with Crippen LogP contribution in [0.1, 0.15) is 38.8 Å². The first-order valence-electron chi connectivity index (χ1n) is 5.96. The molecule has 2 rings (SSSR count). The van der Waals surface area contributed by atoms with Crippen LogP contribution in [0.25, 0.3) is 0 Å². The van der Waals surface area contributed by atoms with Crippen LogP contribution in [0.15, 0.2) is 29.4 Å². The molecule has 1 aromatic carbocycles. The number of phenols is 1. The number of nitrogens with zero attached hydrogens (tertiary/aromatic N) is 3. The third-order valence-corrected chi connectivity index (χ3v) is 3.14. The lowest BCUT2D eigenvalue weighted by Crippen LogP contribution is -2.38. The highest BCUT2D eigenvalue weighted by Gasteiger charge is 2.37. The van der Waals surface area contributed by atoms with Gasteiger partial charge in [0.15, 0.2) is 6.04 Å². The van der Waals surface area contributed by atoms with Crippen molar-refractivity contribution in [1.29, 1.82) is 5.26 Å². The molecule has 0 radical (unpaired) electrons. The Morgan fingerprint density at radius 3 is 2.72 bits per heavy atom. The van der Waals surface area contributed by atoms with E-state index in [-0.39, 0.29) is 11.3 Å². The van der Waals surface area contributed by atoms with Crippen LogP contribution in [-0.4, -0.2) is 21.4 Å². The van der Waals surface area contributed by atoms with E-state index in [1.54, 1.807) is 18.2 Å². The number of hydrogen-bond acceptors (Lipinski definition) is 4. The van der Waals surface area contributed by atoms with Gasteiger partial charge in [0, 0.05) is 12.1 Å². The number of aromatic hydroxyl groups is 1. The Hall–Kier alpha value is -2.02. The van der Waals surface area contributed by atoms with E-state index < -0.39 is 6.04 Å². The molecule has 1 aromatic rings. The monoisotopic (exact) mass is 243 g/mol. The van der Waals surface area contributed by atoms with Gasteiger partial charge in [-0.3, -0.25) is 5.01 Å². The molecule has 0 aromatic heterocycles. The lowest BCUT2D eigenvalue weighted by molar-refractivity contribution is 0.122. The van der Waals surface area contributed by atoms with Crippen molar-refractivity contribution in [2.24, 2.45) is 5.10 Å². The molecule has 1 aliphatic heterocycles. The Labute approximate surface area is 107 Å². The molecule has 0 aliphatic carbocycles. The first kappa shape index (κ1) is 12.4. The van der Waals surface area contributed by atoms with Gasteiger partial charge in [-0.15, -0.1) is 0 Å². The lowest BCUT2D eigenvalue weighted by Gasteiger charge is -2.34. The zero-order valence-electron chi connectivity index (χ0n) is 10.9. The summed E-state index contributed by atoms with van der Waals surface area (Å²) in [5.74, 6) is 0.172. The third kappa shape index (κ3) is 2.17. The number of rotatable bonds is 2. The molecule has 1 atom stereocenters. The lowest BCUT2D eigenvalue weighted by atomic mass is 9.96. The minimum absolute atomic E-state index is 0.171. The Bertz CT molecular complexity index is 528. The molecule has 1 N–H and O–H groups in total. The molecule has 18 heavy (non-hydrogen) atoms. The minimum Gasteiger partial charge on any atom is -0.508 e. The smallest absolute Gasteiger partial charge is 0.159 e. The van der Waals surface area contributed by atoms with Crippen LogP contribution in [0.4, 0.5) is 0 Å². The van der Waals surface area contributed by atoms with Crippen molar-refractivity contribution in [3.63, 3.8) is 0 Å². The van der Waals surface area contributed by atoms with E-state index in [9.17, 15) is 10.4 Å². The predicted molar refractivity (Wildman–Crippen MR) is 70.1 cm³/mol. The molecule has 0 fully saturated rings. The first-order valence-corrected chi connectivity index (χ1v) is 5.96. The fourth-order valence-corrected chi connectivity index (χ4v) is 2.43. The second-order valence-electron chi connectivity index (χ2n) is 5.30. The molecule has 1 heterocycles. The maximum absolute atomic E-state index is 9.52. The summed E-state index contributed by atoms with van der Waals surface area (Å²) >= 11 is 0. The minimum atomic E-state index is -0.468. The van der Waals surface area contributed by atoms with Gasteiger partial charge in [-0.2, -0.15) is 10.4 Å². The summed E-state index contributed by atoms with van der Waals surface area (Å²) in [6, 6.07) is 8.61. The zero-order valence-corrected chi connectivity index (χ0v) is 10.9. The van der Waals surface area contributed by atoms with Gasteiger partial charge in [0.25, 0.3) is 0 Å². The van der Waals surface area contributed by atoms with E-state index in [2.05, 4.69) is 25.0 Å². The van der Waals surface area contributed by atoms with Crippen molar-refractivity contribution in [2.45, 2.75) is 38.8 Å². The largest absolute Gasteiger partial charge is 0.508 e. The molecule has 0 saturated carbocycles. The number of benzene rings is 1. The maximum Gasteiger partial charge on any atom is 0.159 e.